The maximum Gasteiger partial charge on any atom is 0.167 e. The predicted molar refractivity (Wildman–Crippen MR) is 80.3 cm³/mol. The lowest BCUT2D eigenvalue weighted by Gasteiger charge is -2.08. The minimum absolute atomic E-state index is 0.0541. The standard InChI is InChI=1S/C15H15BrN2O/c1-9-5-11(6-10(2)15(9)16)14(19)7-12-8-18-4-3-13(12)17/h3-6,8H,7H2,1-2H3,(H2,17,18). The normalized spacial score (nSPS) is 10.5. The molecule has 0 saturated carbocycles. The van der Waals surface area contributed by atoms with E-state index in [-0.39, 0.29) is 12.2 Å². The van der Waals surface area contributed by atoms with E-state index in [9.17, 15) is 4.79 Å². The van der Waals surface area contributed by atoms with Crippen LogP contribution in [0, 0.1) is 13.8 Å². The fraction of sp³-hybridized carbons (Fsp3) is 0.200. The Hall–Kier alpha value is -1.68. The van der Waals surface area contributed by atoms with Gasteiger partial charge in [-0.15, -0.1) is 0 Å². The monoisotopic (exact) mass is 318 g/mol. The molecular weight excluding hydrogens is 304 g/mol. The molecule has 0 bridgehead atoms. The van der Waals surface area contributed by atoms with E-state index in [1.807, 2.05) is 26.0 Å². The first-order valence-corrected chi connectivity index (χ1v) is 6.76. The van der Waals surface area contributed by atoms with Gasteiger partial charge in [0, 0.05) is 40.1 Å². The van der Waals surface area contributed by atoms with Crippen LogP contribution in [-0.4, -0.2) is 10.8 Å². The number of Topliss-reactive ketones (excluding diaryl/α,β-unsaturated/α-hetero) is 1. The quantitative estimate of drug-likeness (QED) is 0.881. The summed E-state index contributed by atoms with van der Waals surface area (Å²) >= 11 is 3.50. The average molecular weight is 319 g/mol. The van der Waals surface area contributed by atoms with Crippen LogP contribution in [0.3, 0.4) is 0 Å². The number of benzene rings is 1. The van der Waals surface area contributed by atoms with Gasteiger partial charge in [0.15, 0.2) is 5.78 Å². The summed E-state index contributed by atoms with van der Waals surface area (Å²) in [6, 6.07) is 5.50. The Morgan fingerprint density at radius 3 is 2.53 bits per heavy atom. The Bertz CT molecular complexity index is 615. The molecule has 2 aromatic rings. The van der Waals surface area contributed by atoms with Crippen LogP contribution < -0.4 is 5.73 Å². The first-order chi connectivity index (χ1) is 8.99. The number of aromatic nitrogens is 1. The largest absolute Gasteiger partial charge is 0.398 e. The van der Waals surface area contributed by atoms with Gasteiger partial charge in [0.25, 0.3) is 0 Å². The maximum atomic E-state index is 12.3. The van der Waals surface area contributed by atoms with E-state index >= 15 is 0 Å². The van der Waals surface area contributed by atoms with E-state index < -0.39 is 0 Å². The lowest BCUT2D eigenvalue weighted by atomic mass is 9.99. The number of aryl methyl sites for hydroxylation is 2. The highest BCUT2D eigenvalue weighted by Gasteiger charge is 2.12. The first-order valence-electron chi connectivity index (χ1n) is 5.97. The number of carbonyl (C=O) groups is 1. The summed E-state index contributed by atoms with van der Waals surface area (Å²) in [4.78, 5) is 16.3. The second-order valence-corrected chi connectivity index (χ2v) is 5.39. The minimum atomic E-state index is 0.0541. The molecule has 0 saturated heterocycles. The number of nitrogen functional groups attached to an aromatic ring is 1. The molecule has 2 N–H and O–H groups in total. The highest BCUT2D eigenvalue weighted by atomic mass is 79.9. The van der Waals surface area contributed by atoms with Gasteiger partial charge in [-0.3, -0.25) is 9.78 Å². The SMILES string of the molecule is Cc1cc(C(=O)Cc2cnccc2N)cc(C)c1Br. The summed E-state index contributed by atoms with van der Waals surface area (Å²) < 4.78 is 1.05. The second kappa shape index (κ2) is 5.53. The van der Waals surface area contributed by atoms with Crippen LogP contribution in [0.1, 0.15) is 27.0 Å². The van der Waals surface area contributed by atoms with Gasteiger partial charge in [0.05, 0.1) is 0 Å². The Morgan fingerprint density at radius 2 is 1.95 bits per heavy atom. The minimum Gasteiger partial charge on any atom is -0.398 e. The number of rotatable bonds is 3. The topological polar surface area (TPSA) is 56.0 Å². The zero-order chi connectivity index (χ0) is 14.0. The van der Waals surface area contributed by atoms with Gasteiger partial charge in [-0.25, -0.2) is 0 Å². The van der Waals surface area contributed by atoms with Gasteiger partial charge < -0.3 is 5.73 Å². The molecule has 4 heteroatoms. The third-order valence-corrected chi connectivity index (χ3v) is 4.30. The van der Waals surface area contributed by atoms with Crippen molar-refractivity contribution < 1.29 is 4.79 Å². The summed E-state index contributed by atoms with van der Waals surface area (Å²) in [5, 5.41) is 0. The Morgan fingerprint density at radius 1 is 1.32 bits per heavy atom. The van der Waals surface area contributed by atoms with Gasteiger partial charge in [0.2, 0.25) is 0 Å². The van der Waals surface area contributed by atoms with E-state index in [0.717, 1.165) is 21.2 Å². The predicted octanol–water partition coefficient (Wildman–Crippen LogP) is 3.47. The number of halogens is 1. The third-order valence-electron chi connectivity index (χ3n) is 3.05. The lowest BCUT2D eigenvalue weighted by Crippen LogP contribution is -2.07. The van der Waals surface area contributed by atoms with Crippen molar-refractivity contribution in [2.45, 2.75) is 20.3 Å². The van der Waals surface area contributed by atoms with E-state index in [1.54, 1.807) is 18.5 Å². The summed E-state index contributed by atoms with van der Waals surface area (Å²) in [5.74, 6) is 0.0541. The molecule has 0 aliphatic carbocycles. The fourth-order valence-electron chi connectivity index (χ4n) is 1.97. The van der Waals surface area contributed by atoms with E-state index in [2.05, 4.69) is 20.9 Å². The number of hydrogen-bond acceptors (Lipinski definition) is 3. The summed E-state index contributed by atoms with van der Waals surface area (Å²) in [5.41, 5.74) is 10.0. The van der Waals surface area contributed by atoms with Gasteiger partial charge in [-0.2, -0.15) is 0 Å². The number of anilines is 1. The van der Waals surface area contributed by atoms with Gasteiger partial charge in [0.1, 0.15) is 0 Å². The number of pyridine rings is 1. The van der Waals surface area contributed by atoms with Crippen molar-refractivity contribution in [2.24, 2.45) is 0 Å². The molecule has 0 atom stereocenters. The molecule has 1 aromatic heterocycles. The molecular formula is C15H15BrN2O. The van der Waals surface area contributed by atoms with Crippen LogP contribution in [-0.2, 0) is 6.42 Å². The van der Waals surface area contributed by atoms with Crippen molar-refractivity contribution in [3.8, 4) is 0 Å². The van der Waals surface area contributed by atoms with Crippen LogP contribution in [0.2, 0.25) is 0 Å². The van der Waals surface area contributed by atoms with Crippen molar-refractivity contribution >= 4 is 27.4 Å². The highest BCUT2D eigenvalue weighted by Crippen LogP contribution is 2.23. The molecule has 0 fully saturated rings. The molecule has 0 aliphatic heterocycles. The Kier molecular flexibility index (Phi) is 4.00. The van der Waals surface area contributed by atoms with Gasteiger partial charge in [-0.1, -0.05) is 15.9 Å². The molecule has 0 radical (unpaired) electrons. The molecule has 1 heterocycles. The summed E-state index contributed by atoms with van der Waals surface area (Å²) in [6.45, 7) is 3.96. The van der Waals surface area contributed by atoms with Crippen LogP contribution in [0.5, 0.6) is 0 Å². The zero-order valence-electron chi connectivity index (χ0n) is 10.9. The van der Waals surface area contributed by atoms with Crippen molar-refractivity contribution in [1.82, 2.24) is 4.98 Å². The number of nitrogens with zero attached hydrogens (tertiary/aromatic N) is 1. The van der Waals surface area contributed by atoms with E-state index in [4.69, 9.17) is 5.73 Å². The second-order valence-electron chi connectivity index (χ2n) is 4.60. The molecule has 3 nitrogen and oxygen atoms in total. The molecule has 2 rings (SSSR count). The molecule has 0 spiro atoms. The van der Waals surface area contributed by atoms with Crippen molar-refractivity contribution in [3.63, 3.8) is 0 Å². The molecule has 0 amide bonds. The van der Waals surface area contributed by atoms with Crippen LogP contribution in [0.25, 0.3) is 0 Å². The Labute approximate surface area is 121 Å². The van der Waals surface area contributed by atoms with Crippen molar-refractivity contribution in [2.75, 3.05) is 5.73 Å². The first kappa shape index (κ1) is 13.7. The van der Waals surface area contributed by atoms with E-state index in [1.165, 1.54) is 0 Å². The van der Waals surface area contributed by atoms with Crippen LogP contribution in [0.4, 0.5) is 5.69 Å². The fourth-order valence-corrected chi connectivity index (χ4v) is 2.20. The van der Waals surface area contributed by atoms with Crippen LogP contribution >= 0.6 is 15.9 Å². The average Bonchev–Trinajstić information content (AvgIpc) is 2.38. The van der Waals surface area contributed by atoms with Crippen LogP contribution in [0.15, 0.2) is 35.1 Å². The summed E-state index contributed by atoms with van der Waals surface area (Å²) in [7, 11) is 0. The lowest BCUT2D eigenvalue weighted by molar-refractivity contribution is 0.0993. The zero-order valence-corrected chi connectivity index (χ0v) is 12.5. The van der Waals surface area contributed by atoms with Crippen molar-refractivity contribution in [1.29, 1.82) is 0 Å². The molecule has 0 aliphatic rings. The third kappa shape index (κ3) is 3.01. The number of nitrogens with two attached hydrogens (primary N) is 1. The number of carbonyl (C=O) groups excluding carboxylic acids is 1. The Balaban J connectivity index is 2.28. The highest BCUT2D eigenvalue weighted by molar-refractivity contribution is 9.10. The van der Waals surface area contributed by atoms with Crippen molar-refractivity contribution in [3.05, 3.63) is 57.3 Å². The molecule has 19 heavy (non-hydrogen) atoms. The molecule has 0 unspecified atom stereocenters. The summed E-state index contributed by atoms with van der Waals surface area (Å²) in [6.07, 6.45) is 3.54. The van der Waals surface area contributed by atoms with Gasteiger partial charge in [-0.05, 0) is 43.2 Å². The van der Waals surface area contributed by atoms with E-state index in [0.29, 0.717) is 11.3 Å². The van der Waals surface area contributed by atoms with Gasteiger partial charge >= 0.3 is 0 Å². The maximum absolute atomic E-state index is 12.3. The molecule has 1 aromatic carbocycles. The number of hydrogen-bond donors (Lipinski definition) is 1. The molecule has 98 valence electrons. The smallest absolute Gasteiger partial charge is 0.167 e. The number of ketones is 1.